The van der Waals surface area contributed by atoms with Crippen molar-refractivity contribution < 1.29 is 26.7 Å². The summed E-state index contributed by atoms with van der Waals surface area (Å²) >= 11 is 0. The second-order valence-corrected chi connectivity index (χ2v) is 6.59. The predicted molar refractivity (Wildman–Crippen MR) is 66.4 cm³/mol. The highest BCUT2D eigenvalue weighted by molar-refractivity contribution is 7.89. The quantitative estimate of drug-likeness (QED) is 0.895. The van der Waals surface area contributed by atoms with Crippen LogP contribution in [0, 0.1) is 0 Å². The van der Waals surface area contributed by atoms with Crippen LogP contribution in [0.5, 0.6) is 0 Å². The molecule has 0 spiro atoms. The van der Waals surface area contributed by atoms with Gasteiger partial charge in [-0.05, 0) is 19.9 Å². The Balaban J connectivity index is 3.22. The van der Waals surface area contributed by atoms with Gasteiger partial charge < -0.3 is 9.67 Å². The Kier molecular flexibility index (Phi) is 4.88. The third kappa shape index (κ3) is 3.74. The van der Waals surface area contributed by atoms with Crippen LogP contribution in [0.4, 0.5) is 13.2 Å². The minimum absolute atomic E-state index is 0.262. The molecule has 0 aliphatic carbocycles. The van der Waals surface area contributed by atoms with Crippen LogP contribution in [0.25, 0.3) is 0 Å². The van der Waals surface area contributed by atoms with Gasteiger partial charge in [0.05, 0.1) is 6.61 Å². The summed E-state index contributed by atoms with van der Waals surface area (Å²) in [5.41, 5.74) is 0.305. The maximum atomic E-state index is 12.5. The maximum absolute atomic E-state index is 12.5. The summed E-state index contributed by atoms with van der Waals surface area (Å²) in [5.74, 6) is 0. The SMILES string of the molecule is CC(C)N(CC(F)(F)F)S(=O)(=O)c1cc(CO)n(C)c1. The van der Waals surface area contributed by atoms with Crippen molar-refractivity contribution in [1.29, 1.82) is 0 Å². The molecule has 0 aliphatic rings. The van der Waals surface area contributed by atoms with E-state index in [9.17, 15) is 21.6 Å². The topological polar surface area (TPSA) is 62.5 Å². The Labute approximate surface area is 115 Å². The molecule has 0 unspecified atom stereocenters. The number of aromatic nitrogens is 1. The maximum Gasteiger partial charge on any atom is 0.402 e. The van der Waals surface area contributed by atoms with Crippen molar-refractivity contribution in [2.24, 2.45) is 7.05 Å². The minimum Gasteiger partial charge on any atom is -0.390 e. The van der Waals surface area contributed by atoms with Crippen LogP contribution in [0.3, 0.4) is 0 Å². The van der Waals surface area contributed by atoms with Gasteiger partial charge in [0.15, 0.2) is 0 Å². The lowest BCUT2D eigenvalue weighted by Crippen LogP contribution is -2.43. The van der Waals surface area contributed by atoms with Crippen molar-refractivity contribution in [3.05, 3.63) is 18.0 Å². The van der Waals surface area contributed by atoms with Crippen LogP contribution < -0.4 is 0 Å². The van der Waals surface area contributed by atoms with Crippen LogP contribution in [0.1, 0.15) is 19.5 Å². The van der Waals surface area contributed by atoms with Crippen LogP contribution >= 0.6 is 0 Å². The molecule has 0 radical (unpaired) electrons. The van der Waals surface area contributed by atoms with Crippen LogP contribution in [-0.2, 0) is 23.7 Å². The largest absolute Gasteiger partial charge is 0.402 e. The number of hydrogen-bond donors (Lipinski definition) is 1. The van der Waals surface area contributed by atoms with E-state index in [0.29, 0.717) is 10.00 Å². The zero-order chi connectivity index (χ0) is 15.7. The fourth-order valence-electron chi connectivity index (χ4n) is 1.73. The molecule has 1 N–H and O–H groups in total. The Morgan fingerprint density at radius 1 is 1.40 bits per heavy atom. The smallest absolute Gasteiger partial charge is 0.390 e. The highest BCUT2D eigenvalue weighted by atomic mass is 32.2. The molecule has 5 nitrogen and oxygen atoms in total. The standard InChI is InChI=1S/C11H17F3N2O3S/c1-8(2)16(7-11(12,13)14)20(18,19)10-4-9(6-17)15(3)5-10/h4-5,8,17H,6-7H2,1-3H3. The monoisotopic (exact) mass is 314 g/mol. The average molecular weight is 314 g/mol. The van der Waals surface area contributed by atoms with Gasteiger partial charge in [0.1, 0.15) is 11.4 Å². The Bertz CT molecular complexity index is 564. The molecular weight excluding hydrogens is 297 g/mol. The van der Waals surface area contributed by atoms with E-state index in [0.717, 1.165) is 0 Å². The third-order valence-corrected chi connectivity index (χ3v) is 4.75. The van der Waals surface area contributed by atoms with Crippen molar-refractivity contribution >= 4 is 10.0 Å². The third-order valence-electron chi connectivity index (χ3n) is 2.76. The summed E-state index contributed by atoms with van der Waals surface area (Å²) < 4.78 is 63.8. The summed E-state index contributed by atoms with van der Waals surface area (Å²) in [4.78, 5) is -0.262. The highest BCUT2D eigenvalue weighted by Gasteiger charge is 2.38. The molecule has 0 saturated carbocycles. The first-order valence-corrected chi connectivity index (χ1v) is 7.27. The molecule has 1 rings (SSSR count). The molecule has 0 fully saturated rings. The van der Waals surface area contributed by atoms with E-state index in [1.165, 1.54) is 37.7 Å². The molecule has 0 bridgehead atoms. The number of rotatable bonds is 5. The molecule has 0 aromatic carbocycles. The van der Waals surface area contributed by atoms with E-state index in [1.54, 1.807) is 0 Å². The number of aliphatic hydroxyl groups excluding tert-OH is 1. The van der Waals surface area contributed by atoms with Crippen LogP contribution in [-0.4, -0.2) is 41.2 Å². The second kappa shape index (κ2) is 5.74. The van der Waals surface area contributed by atoms with Gasteiger partial charge in [-0.3, -0.25) is 0 Å². The number of halogens is 3. The zero-order valence-electron chi connectivity index (χ0n) is 11.3. The fraction of sp³-hybridized carbons (Fsp3) is 0.636. The average Bonchev–Trinajstić information content (AvgIpc) is 2.66. The van der Waals surface area contributed by atoms with E-state index < -0.39 is 35.4 Å². The summed E-state index contributed by atoms with van der Waals surface area (Å²) in [6.45, 7) is 0.807. The number of sulfonamides is 1. The molecule has 116 valence electrons. The molecule has 9 heteroatoms. The van der Waals surface area contributed by atoms with E-state index >= 15 is 0 Å². The van der Waals surface area contributed by atoms with Gasteiger partial charge in [0.25, 0.3) is 0 Å². The van der Waals surface area contributed by atoms with Crippen molar-refractivity contribution in [3.8, 4) is 0 Å². The van der Waals surface area contributed by atoms with Crippen molar-refractivity contribution in [1.82, 2.24) is 8.87 Å². The minimum atomic E-state index is -4.62. The van der Waals surface area contributed by atoms with Crippen molar-refractivity contribution in [3.63, 3.8) is 0 Å². The number of aryl methyl sites for hydroxylation is 1. The molecule has 0 aliphatic heterocycles. The molecule has 20 heavy (non-hydrogen) atoms. The Morgan fingerprint density at radius 2 is 1.95 bits per heavy atom. The second-order valence-electron chi connectivity index (χ2n) is 4.70. The summed E-state index contributed by atoms with van der Waals surface area (Å²) in [5, 5.41) is 9.02. The summed E-state index contributed by atoms with van der Waals surface area (Å²) in [6.07, 6.45) is -3.43. The van der Waals surface area contributed by atoms with Gasteiger partial charge in [-0.25, -0.2) is 8.42 Å². The van der Waals surface area contributed by atoms with Gasteiger partial charge in [0, 0.05) is 25.0 Å². The first kappa shape index (κ1) is 17.0. The normalized spacial score (nSPS) is 13.4. The van der Waals surface area contributed by atoms with Crippen LogP contribution in [0.15, 0.2) is 17.2 Å². The van der Waals surface area contributed by atoms with Crippen LogP contribution in [0.2, 0.25) is 0 Å². The van der Waals surface area contributed by atoms with Gasteiger partial charge in [-0.2, -0.15) is 17.5 Å². The fourth-order valence-corrected chi connectivity index (χ4v) is 3.45. The zero-order valence-corrected chi connectivity index (χ0v) is 12.2. The van der Waals surface area contributed by atoms with E-state index in [1.807, 2.05) is 0 Å². The number of hydrogen-bond acceptors (Lipinski definition) is 3. The first-order valence-electron chi connectivity index (χ1n) is 5.83. The van der Waals surface area contributed by atoms with Gasteiger partial charge in [-0.1, -0.05) is 0 Å². The van der Waals surface area contributed by atoms with E-state index in [2.05, 4.69) is 0 Å². The molecule has 1 aromatic heterocycles. The number of nitrogens with zero attached hydrogens (tertiary/aromatic N) is 2. The van der Waals surface area contributed by atoms with E-state index in [-0.39, 0.29) is 4.90 Å². The van der Waals surface area contributed by atoms with Crippen molar-refractivity contribution in [2.75, 3.05) is 6.54 Å². The molecule has 0 atom stereocenters. The van der Waals surface area contributed by atoms with Gasteiger partial charge in [-0.15, -0.1) is 0 Å². The molecule has 0 amide bonds. The molecular formula is C11H17F3N2O3S. The lowest BCUT2D eigenvalue weighted by atomic mass is 10.4. The molecule has 0 saturated heterocycles. The number of alkyl halides is 3. The number of aliphatic hydroxyl groups is 1. The van der Waals surface area contributed by atoms with Gasteiger partial charge in [0.2, 0.25) is 10.0 Å². The lowest BCUT2D eigenvalue weighted by Gasteiger charge is -2.26. The summed E-state index contributed by atoms with van der Waals surface area (Å²) in [6, 6.07) is 0.334. The molecule has 1 aromatic rings. The first-order chi connectivity index (χ1) is 8.99. The van der Waals surface area contributed by atoms with E-state index in [4.69, 9.17) is 5.11 Å². The van der Waals surface area contributed by atoms with Crippen molar-refractivity contribution in [2.45, 2.75) is 37.6 Å². The Hall–Kier alpha value is -1.06. The summed E-state index contributed by atoms with van der Waals surface area (Å²) in [7, 11) is -2.76. The lowest BCUT2D eigenvalue weighted by molar-refractivity contribution is -0.138. The predicted octanol–water partition coefficient (Wildman–Crippen LogP) is 1.48. The highest BCUT2D eigenvalue weighted by Crippen LogP contribution is 2.25. The Morgan fingerprint density at radius 3 is 2.30 bits per heavy atom. The molecule has 1 heterocycles. The van der Waals surface area contributed by atoms with Gasteiger partial charge >= 0.3 is 6.18 Å².